The molecule has 1 atom stereocenters. The van der Waals surface area contributed by atoms with Gasteiger partial charge in [0.2, 0.25) is 11.8 Å². The average molecular weight is 324 g/mol. The van der Waals surface area contributed by atoms with Gasteiger partial charge in [-0.25, -0.2) is 0 Å². The normalized spacial score (nSPS) is 17.8. The van der Waals surface area contributed by atoms with Crippen LogP contribution in [0.5, 0.6) is 0 Å². The second kappa shape index (κ2) is 10.8. The van der Waals surface area contributed by atoms with E-state index in [4.69, 9.17) is 9.47 Å². The van der Waals surface area contributed by atoms with E-state index in [-0.39, 0.29) is 36.8 Å². The quantitative estimate of drug-likeness (QED) is 0.674. The van der Waals surface area contributed by atoms with Gasteiger partial charge >= 0.3 is 0 Å². The maximum absolute atomic E-state index is 12.3. The zero-order chi connectivity index (χ0) is 15.0. The summed E-state index contributed by atoms with van der Waals surface area (Å²) in [5.41, 5.74) is 0. The largest absolute Gasteiger partial charge is 0.383 e. The van der Waals surface area contributed by atoms with Crippen molar-refractivity contribution in [3.63, 3.8) is 0 Å². The lowest BCUT2D eigenvalue weighted by molar-refractivity contribution is -0.140. The van der Waals surface area contributed by atoms with Crippen molar-refractivity contribution in [2.75, 3.05) is 60.7 Å². The van der Waals surface area contributed by atoms with Crippen LogP contribution in [0.15, 0.2) is 0 Å². The van der Waals surface area contributed by atoms with Crippen LogP contribution in [0.3, 0.4) is 0 Å². The standard InChI is InChI=1S/C13H25N3O4.ClH/c1-15(2)13(18)9-16(5-7-19-3)12(17)8-11-10-20-6-4-14-11;/h11,14H,4-10H2,1-3H3;1H. The van der Waals surface area contributed by atoms with Gasteiger partial charge in [-0.2, -0.15) is 0 Å². The Labute approximate surface area is 132 Å². The lowest BCUT2D eigenvalue weighted by Crippen LogP contribution is -2.47. The van der Waals surface area contributed by atoms with Crippen LogP contribution in [0.2, 0.25) is 0 Å². The molecule has 7 nitrogen and oxygen atoms in total. The number of hydrogen-bond donors (Lipinski definition) is 1. The van der Waals surface area contributed by atoms with E-state index in [2.05, 4.69) is 5.32 Å². The van der Waals surface area contributed by atoms with Gasteiger partial charge in [-0.1, -0.05) is 0 Å². The fourth-order valence-corrected chi connectivity index (χ4v) is 1.89. The molecule has 1 heterocycles. The van der Waals surface area contributed by atoms with Gasteiger partial charge in [0.15, 0.2) is 0 Å². The smallest absolute Gasteiger partial charge is 0.241 e. The third kappa shape index (κ3) is 7.61. The summed E-state index contributed by atoms with van der Waals surface area (Å²) in [6, 6.07) is 0.0238. The van der Waals surface area contributed by atoms with E-state index in [1.54, 1.807) is 26.1 Å². The summed E-state index contributed by atoms with van der Waals surface area (Å²) in [6.45, 7) is 2.89. The number of nitrogens with one attached hydrogen (secondary N) is 1. The monoisotopic (exact) mass is 323 g/mol. The minimum atomic E-state index is -0.0951. The number of carbonyl (C=O) groups excluding carboxylic acids is 2. The molecule has 8 heteroatoms. The Morgan fingerprint density at radius 1 is 1.33 bits per heavy atom. The fraction of sp³-hybridized carbons (Fsp3) is 0.846. The van der Waals surface area contributed by atoms with E-state index in [1.165, 1.54) is 4.90 Å². The van der Waals surface area contributed by atoms with Crippen LogP contribution in [-0.2, 0) is 19.1 Å². The molecule has 1 rings (SSSR count). The predicted molar refractivity (Wildman–Crippen MR) is 81.6 cm³/mol. The molecule has 0 aromatic rings. The van der Waals surface area contributed by atoms with E-state index in [0.717, 1.165) is 6.54 Å². The van der Waals surface area contributed by atoms with E-state index < -0.39 is 0 Å². The van der Waals surface area contributed by atoms with Gasteiger partial charge in [-0.3, -0.25) is 9.59 Å². The Kier molecular flexibility index (Phi) is 10.3. The molecule has 1 aliphatic heterocycles. The highest BCUT2D eigenvalue weighted by Gasteiger charge is 2.23. The molecule has 1 saturated heterocycles. The van der Waals surface area contributed by atoms with Crippen molar-refractivity contribution in [2.45, 2.75) is 12.5 Å². The highest BCUT2D eigenvalue weighted by atomic mass is 35.5. The van der Waals surface area contributed by atoms with Crippen molar-refractivity contribution in [2.24, 2.45) is 0 Å². The summed E-state index contributed by atoms with van der Waals surface area (Å²) < 4.78 is 10.3. The molecule has 1 fully saturated rings. The maximum atomic E-state index is 12.3. The number of likely N-dealkylation sites (N-methyl/N-ethyl adjacent to an activating group) is 1. The topological polar surface area (TPSA) is 71.1 Å². The molecule has 0 bridgehead atoms. The molecule has 0 aliphatic carbocycles. The van der Waals surface area contributed by atoms with Gasteiger partial charge in [-0.15, -0.1) is 12.4 Å². The molecule has 0 radical (unpaired) electrons. The lowest BCUT2D eigenvalue weighted by Gasteiger charge is -2.28. The first-order valence-corrected chi connectivity index (χ1v) is 6.82. The second-order valence-electron chi connectivity index (χ2n) is 5.03. The Bertz CT molecular complexity index is 323. The lowest BCUT2D eigenvalue weighted by atomic mass is 10.1. The SMILES string of the molecule is COCCN(CC(=O)N(C)C)C(=O)CC1COCCN1.Cl. The van der Waals surface area contributed by atoms with Gasteiger partial charge in [-0.05, 0) is 0 Å². The minimum Gasteiger partial charge on any atom is -0.383 e. The van der Waals surface area contributed by atoms with Crippen LogP contribution < -0.4 is 5.32 Å². The van der Waals surface area contributed by atoms with Gasteiger partial charge in [0.25, 0.3) is 0 Å². The first kappa shape index (κ1) is 20.1. The molecule has 1 aliphatic rings. The zero-order valence-electron chi connectivity index (χ0n) is 13.0. The summed E-state index contributed by atoms with van der Waals surface area (Å²) in [5, 5.41) is 3.24. The Balaban J connectivity index is 0.00000400. The summed E-state index contributed by atoms with van der Waals surface area (Å²) in [5.74, 6) is -0.150. The number of ether oxygens (including phenoxy) is 2. The van der Waals surface area contributed by atoms with Gasteiger partial charge < -0.3 is 24.6 Å². The summed E-state index contributed by atoms with van der Waals surface area (Å²) in [7, 11) is 4.93. The van der Waals surface area contributed by atoms with Crippen molar-refractivity contribution >= 4 is 24.2 Å². The van der Waals surface area contributed by atoms with Crippen molar-refractivity contribution in [3.8, 4) is 0 Å². The number of morpholine rings is 1. The van der Waals surface area contributed by atoms with Gasteiger partial charge in [0.1, 0.15) is 0 Å². The highest BCUT2D eigenvalue weighted by Crippen LogP contribution is 2.03. The summed E-state index contributed by atoms with van der Waals surface area (Å²) >= 11 is 0. The number of rotatable bonds is 7. The van der Waals surface area contributed by atoms with E-state index in [0.29, 0.717) is 32.8 Å². The minimum absolute atomic E-state index is 0. The van der Waals surface area contributed by atoms with Crippen LogP contribution in [0.1, 0.15) is 6.42 Å². The van der Waals surface area contributed by atoms with Crippen molar-refractivity contribution in [1.82, 2.24) is 15.1 Å². The molecule has 2 amide bonds. The van der Waals surface area contributed by atoms with E-state index >= 15 is 0 Å². The summed E-state index contributed by atoms with van der Waals surface area (Å²) in [6.07, 6.45) is 0.338. The molecular formula is C13H26ClN3O4. The summed E-state index contributed by atoms with van der Waals surface area (Å²) in [4.78, 5) is 27.1. The third-order valence-corrected chi connectivity index (χ3v) is 3.16. The van der Waals surface area contributed by atoms with Gasteiger partial charge in [0.05, 0.1) is 26.4 Å². The number of hydrogen-bond acceptors (Lipinski definition) is 5. The first-order valence-electron chi connectivity index (χ1n) is 6.82. The van der Waals surface area contributed by atoms with E-state index in [1.807, 2.05) is 0 Å². The molecule has 21 heavy (non-hydrogen) atoms. The molecule has 0 aromatic carbocycles. The molecule has 0 saturated carbocycles. The fourth-order valence-electron chi connectivity index (χ4n) is 1.89. The Morgan fingerprint density at radius 2 is 2.05 bits per heavy atom. The van der Waals surface area contributed by atoms with Crippen molar-refractivity contribution < 1.29 is 19.1 Å². The van der Waals surface area contributed by atoms with Crippen LogP contribution in [0, 0.1) is 0 Å². The van der Waals surface area contributed by atoms with E-state index in [9.17, 15) is 9.59 Å². The van der Waals surface area contributed by atoms with Gasteiger partial charge in [0, 0.05) is 46.8 Å². The molecular weight excluding hydrogens is 298 g/mol. The number of carbonyl (C=O) groups is 2. The molecule has 1 N–H and O–H groups in total. The number of nitrogens with zero attached hydrogens (tertiary/aromatic N) is 2. The molecule has 124 valence electrons. The van der Waals surface area contributed by atoms with Crippen molar-refractivity contribution in [1.29, 1.82) is 0 Å². The molecule has 1 unspecified atom stereocenters. The van der Waals surface area contributed by atoms with Crippen LogP contribution in [-0.4, -0.2) is 88.3 Å². The number of halogens is 1. The van der Waals surface area contributed by atoms with Crippen molar-refractivity contribution in [3.05, 3.63) is 0 Å². The van der Waals surface area contributed by atoms with Crippen LogP contribution in [0.25, 0.3) is 0 Å². The number of amides is 2. The highest BCUT2D eigenvalue weighted by molar-refractivity contribution is 5.85. The maximum Gasteiger partial charge on any atom is 0.241 e. The average Bonchev–Trinajstić information content (AvgIpc) is 2.43. The number of methoxy groups -OCH3 is 1. The third-order valence-electron chi connectivity index (χ3n) is 3.16. The Morgan fingerprint density at radius 3 is 2.57 bits per heavy atom. The molecule has 0 spiro atoms. The molecule has 0 aromatic heterocycles. The van der Waals surface area contributed by atoms with Crippen LogP contribution in [0.4, 0.5) is 0 Å². The first-order chi connectivity index (χ1) is 9.54. The second-order valence-corrected chi connectivity index (χ2v) is 5.03. The Hall–Kier alpha value is -0.890. The predicted octanol–water partition coefficient (Wildman–Crippen LogP) is -0.650. The van der Waals surface area contributed by atoms with Crippen LogP contribution >= 0.6 is 12.4 Å². The zero-order valence-corrected chi connectivity index (χ0v) is 13.8.